The molecular formula is C24H28F4N2O6. The number of nitrogens with one attached hydrogen (secondary N) is 1. The van der Waals surface area contributed by atoms with Crippen molar-refractivity contribution in [1.82, 2.24) is 5.32 Å². The molecule has 12 heteroatoms. The van der Waals surface area contributed by atoms with E-state index in [2.05, 4.69) is 17.0 Å². The van der Waals surface area contributed by atoms with Crippen LogP contribution in [0.25, 0.3) is 0 Å². The van der Waals surface area contributed by atoms with Crippen LogP contribution in [0, 0.1) is 5.82 Å². The Bertz CT molecular complexity index is 1070. The lowest BCUT2D eigenvalue weighted by molar-refractivity contribution is -0.152. The van der Waals surface area contributed by atoms with Crippen molar-refractivity contribution in [2.75, 3.05) is 7.11 Å². The molecule has 1 aromatic carbocycles. The van der Waals surface area contributed by atoms with Gasteiger partial charge in [-0.05, 0) is 51.3 Å². The molecule has 1 rings (SSSR count). The summed E-state index contributed by atoms with van der Waals surface area (Å²) in [5.74, 6) is -5.05. The van der Waals surface area contributed by atoms with E-state index in [1.165, 1.54) is 34.0 Å². The molecule has 0 aliphatic rings. The zero-order valence-corrected chi connectivity index (χ0v) is 20.7. The molecule has 0 fully saturated rings. The summed E-state index contributed by atoms with van der Waals surface area (Å²) in [6, 6.07) is 0.957. The number of hydrogen-bond acceptors (Lipinski definition) is 7. The lowest BCUT2D eigenvalue weighted by atomic mass is 9.91. The number of ether oxygens (including phenoxy) is 3. The van der Waals surface area contributed by atoms with Crippen molar-refractivity contribution >= 4 is 24.6 Å². The maximum Gasteiger partial charge on any atom is 0.416 e. The third-order valence-corrected chi connectivity index (χ3v) is 5.06. The van der Waals surface area contributed by atoms with Crippen LogP contribution in [0.1, 0.15) is 51.7 Å². The summed E-state index contributed by atoms with van der Waals surface area (Å²) in [6.07, 6.45) is -4.48. The second kappa shape index (κ2) is 12.8. The van der Waals surface area contributed by atoms with E-state index in [1.807, 2.05) is 0 Å². The minimum absolute atomic E-state index is 0.000179. The third kappa shape index (κ3) is 7.92. The molecule has 8 nitrogen and oxygen atoms in total. The molecule has 0 aliphatic heterocycles. The van der Waals surface area contributed by atoms with Gasteiger partial charge in [-0.25, -0.2) is 9.18 Å². The molecule has 36 heavy (non-hydrogen) atoms. The average molecular weight is 516 g/mol. The van der Waals surface area contributed by atoms with Crippen LogP contribution in [0.3, 0.4) is 0 Å². The Morgan fingerprint density at radius 2 is 1.78 bits per heavy atom. The number of rotatable bonds is 10. The molecule has 0 bridgehead atoms. The van der Waals surface area contributed by atoms with E-state index in [4.69, 9.17) is 14.2 Å². The van der Waals surface area contributed by atoms with Gasteiger partial charge in [0.2, 0.25) is 5.76 Å². The minimum atomic E-state index is -4.81. The standard InChI is InChI=1S/C24H28F4N2O6/c1-8-19(34-7)21(36-15(5)31)20(29-6)22(32)30-13(3)23(33)35-14(4)12(2)17-10-9-16(25)11-18(17)24(26,27)28/h8-14H,6H2,1-5,7H3,(H,30,32)/b19-8+,21-20+/t12-,13-,14+/m0/s1. The second-order valence-electron chi connectivity index (χ2n) is 7.64. The molecule has 0 heterocycles. The van der Waals surface area contributed by atoms with Crippen LogP contribution < -0.4 is 5.32 Å². The Balaban J connectivity index is 3.09. The van der Waals surface area contributed by atoms with E-state index in [-0.39, 0.29) is 17.1 Å². The largest absolute Gasteiger partial charge is 0.493 e. The second-order valence-corrected chi connectivity index (χ2v) is 7.64. The Kier molecular flexibility index (Phi) is 10.8. The number of carbonyl (C=O) groups is 3. The molecule has 1 N–H and O–H groups in total. The molecule has 0 spiro atoms. The van der Waals surface area contributed by atoms with E-state index in [0.29, 0.717) is 6.07 Å². The van der Waals surface area contributed by atoms with Crippen LogP contribution in [0.15, 0.2) is 46.5 Å². The summed E-state index contributed by atoms with van der Waals surface area (Å²) in [5, 5.41) is 2.31. The molecule has 1 aromatic rings. The number of hydrogen-bond donors (Lipinski definition) is 1. The summed E-state index contributed by atoms with van der Waals surface area (Å²) < 4.78 is 68.9. The summed E-state index contributed by atoms with van der Waals surface area (Å²) >= 11 is 0. The van der Waals surface area contributed by atoms with Crippen molar-refractivity contribution in [3.63, 3.8) is 0 Å². The smallest absolute Gasteiger partial charge is 0.416 e. The number of alkyl halides is 3. The number of aliphatic imine (C=N–C) groups is 1. The minimum Gasteiger partial charge on any atom is -0.493 e. The van der Waals surface area contributed by atoms with Gasteiger partial charge >= 0.3 is 18.1 Å². The van der Waals surface area contributed by atoms with Crippen molar-refractivity contribution in [2.45, 2.75) is 58.9 Å². The highest BCUT2D eigenvalue weighted by atomic mass is 19.4. The zero-order chi connectivity index (χ0) is 27.8. The summed E-state index contributed by atoms with van der Waals surface area (Å²) in [6.45, 7) is 9.95. The first-order valence-corrected chi connectivity index (χ1v) is 10.7. The van der Waals surface area contributed by atoms with Gasteiger partial charge in [0.25, 0.3) is 5.91 Å². The molecule has 0 radical (unpaired) electrons. The summed E-state index contributed by atoms with van der Waals surface area (Å²) in [7, 11) is 1.27. The maximum atomic E-state index is 13.4. The number of carbonyl (C=O) groups excluding carboxylic acids is 3. The molecular weight excluding hydrogens is 488 g/mol. The lowest BCUT2D eigenvalue weighted by Crippen LogP contribution is -2.42. The van der Waals surface area contributed by atoms with Crippen LogP contribution in [0.2, 0.25) is 0 Å². The van der Waals surface area contributed by atoms with Crippen LogP contribution in [-0.4, -0.2) is 43.8 Å². The Labute approximate surface area is 206 Å². The molecule has 0 saturated heterocycles. The van der Waals surface area contributed by atoms with E-state index in [1.54, 1.807) is 6.92 Å². The predicted octanol–water partition coefficient (Wildman–Crippen LogP) is 4.41. The number of halogens is 4. The Hall–Kier alpha value is -3.70. The van der Waals surface area contributed by atoms with Gasteiger partial charge in [0.15, 0.2) is 11.5 Å². The Morgan fingerprint density at radius 3 is 2.25 bits per heavy atom. The quantitative estimate of drug-likeness (QED) is 0.123. The van der Waals surface area contributed by atoms with Crippen molar-refractivity contribution in [1.29, 1.82) is 0 Å². The number of nitrogens with zero attached hydrogens (tertiary/aromatic N) is 1. The number of esters is 2. The number of allylic oxidation sites excluding steroid dienone is 1. The SMILES string of the molecule is C=N/C(C(=O)N[C@@H](C)C(=O)O[C@H](C)[C@H](C)c1ccc(F)cc1C(F)(F)F)=C(OC(C)=O)\C(=C/C)OC. The molecule has 0 saturated carbocycles. The molecule has 0 aliphatic carbocycles. The highest BCUT2D eigenvalue weighted by Crippen LogP contribution is 2.37. The maximum absolute atomic E-state index is 13.4. The normalized spacial score (nSPS) is 15.1. The fourth-order valence-electron chi connectivity index (χ4n) is 3.08. The van der Waals surface area contributed by atoms with Gasteiger partial charge in [0.1, 0.15) is 18.0 Å². The number of amides is 1. The number of benzene rings is 1. The van der Waals surface area contributed by atoms with Crippen molar-refractivity contribution in [2.24, 2.45) is 4.99 Å². The highest BCUT2D eigenvalue weighted by molar-refractivity contribution is 5.97. The van der Waals surface area contributed by atoms with Crippen molar-refractivity contribution < 1.29 is 46.2 Å². The predicted molar refractivity (Wildman–Crippen MR) is 122 cm³/mol. The topological polar surface area (TPSA) is 103 Å². The molecule has 1 amide bonds. The first-order chi connectivity index (χ1) is 16.7. The summed E-state index contributed by atoms with van der Waals surface area (Å²) in [4.78, 5) is 40.3. The average Bonchev–Trinajstić information content (AvgIpc) is 2.78. The Morgan fingerprint density at radius 1 is 1.17 bits per heavy atom. The van der Waals surface area contributed by atoms with Gasteiger partial charge in [-0.3, -0.25) is 14.6 Å². The third-order valence-electron chi connectivity index (χ3n) is 5.06. The molecule has 3 atom stereocenters. The molecule has 0 aromatic heterocycles. The van der Waals surface area contributed by atoms with E-state index >= 15 is 0 Å². The first-order valence-electron chi connectivity index (χ1n) is 10.7. The van der Waals surface area contributed by atoms with E-state index in [9.17, 15) is 31.9 Å². The van der Waals surface area contributed by atoms with Gasteiger partial charge in [0, 0.05) is 12.8 Å². The fourth-order valence-corrected chi connectivity index (χ4v) is 3.08. The first kappa shape index (κ1) is 30.3. The van der Waals surface area contributed by atoms with Crippen molar-refractivity contribution in [3.8, 4) is 0 Å². The fraction of sp³-hybridized carbons (Fsp3) is 0.417. The van der Waals surface area contributed by atoms with Gasteiger partial charge in [-0.1, -0.05) is 13.0 Å². The molecule has 198 valence electrons. The van der Waals surface area contributed by atoms with Crippen LogP contribution >= 0.6 is 0 Å². The van der Waals surface area contributed by atoms with Gasteiger partial charge in [-0.2, -0.15) is 13.2 Å². The van der Waals surface area contributed by atoms with Gasteiger partial charge < -0.3 is 19.5 Å². The van der Waals surface area contributed by atoms with Crippen LogP contribution in [-0.2, 0) is 34.8 Å². The van der Waals surface area contributed by atoms with Crippen LogP contribution in [0.5, 0.6) is 0 Å². The lowest BCUT2D eigenvalue weighted by Gasteiger charge is -2.25. The number of methoxy groups -OCH3 is 1. The highest BCUT2D eigenvalue weighted by Gasteiger charge is 2.36. The van der Waals surface area contributed by atoms with E-state index in [0.717, 1.165) is 19.1 Å². The monoisotopic (exact) mass is 516 g/mol. The van der Waals surface area contributed by atoms with Crippen LogP contribution in [0.4, 0.5) is 17.6 Å². The van der Waals surface area contributed by atoms with Gasteiger partial charge in [0.05, 0.1) is 12.7 Å². The zero-order valence-electron chi connectivity index (χ0n) is 20.7. The molecule has 0 unspecified atom stereocenters. The van der Waals surface area contributed by atoms with E-state index < -0.39 is 59.2 Å². The summed E-state index contributed by atoms with van der Waals surface area (Å²) in [5.41, 5.74) is -1.89. The van der Waals surface area contributed by atoms with Gasteiger partial charge in [-0.15, -0.1) is 0 Å². The van der Waals surface area contributed by atoms with Crippen molar-refractivity contribution in [3.05, 3.63) is 58.4 Å².